The predicted molar refractivity (Wildman–Crippen MR) is 341 cm³/mol. The molecule has 80 heavy (non-hydrogen) atoms. The zero-order chi connectivity index (χ0) is 59.3. The van der Waals surface area contributed by atoms with Crippen molar-refractivity contribution >= 4 is 11.8 Å². The van der Waals surface area contributed by atoms with Gasteiger partial charge in [0.25, 0.3) is 0 Å². The fourth-order valence-electron chi connectivity index (χ4n) is 7.26. The Morgan fingerprint density at radius 2 is 0.600 bits per heavy atom. The summed E-state index contributed by atoms with van der Waals surface area (Å²) in [6.07, 6.45) is 21.3. The molecular weight excluding hydrogens is 1300 g/mol. The van der Waals surface area contributed by atoms with E-state index in [4.69, 9.17) is 0 Å². The van der Waals surface area contributed by atoms with Crippen LogP contribution < -0.4 is 0 Å². The molecule has 17 heteroatoms. The fourth-order valence-corrected chi connectivity index (χ4v) is 7.26. The van der Waals surface area contributed by atoms with E-state index in [-0.39, 0.29) is 149 Å². The van der Waals surface area contributed by atoms with Crippen LogP contribution in [0.25, 0.3) is 21.3 Å². The topological polar surface area (TPSA) is 142 Å². The first-order valence-electron chi connectivity index (χ1n) is 31.2. The molecule has 1 saturated heterocycles. The van der Waals surface area contributed by atoms with Gasteiger partial charge in [0.1, 0.15) is 23.9 Å². The van der Waals surface area contributed by atoms with E-state index < -0.39 is 0 Å². The Hall–Kier alpha value is 2.13. The molecule has 1 aliphatic heterocycles. The zero-order valence-corrected chi connectivity index (χ0v) is 67.9. The number of rotatable bonds is 33. The minimum Gasteiger partial charge on any atom is -0.665 e. The van der Waals surface area contributed by atoms with Crippen molar-refractivity contribution in [3.63, 3.8) is 0 Å². The fraction of sp³-hybridized carbons (Fsp3) is 0.857. The summed E-state index contributed by atoms with van der Waals surface area (Å²) in [6, 6.07) is 0. The van der Waals surface area contributed by atoms with Crippen molar-refractivity contribution in [2.24, 2.45) is 0 Å². The number of carbonyl (C=O) groups is 2. The molecule has 0 saturated carbocycles. The van der Waals surface area contributed by atoms with Crippen LogP contribution in [0.1, 0.15) is 244 Å². The second kappa shape index (κ2) is 97.4. The molecule has 0 unspecified atom stereocenters. The molecule has 2 rings (SSSR count). The minimum atomic E-state index is -0.0223. The van der Waals surface area contributed by atoms with Crippen LogP contribution in [0.5, 0.6) is 0 Å². The number of unbranched alkanes of at least 4 members (excludes halogenated alkanes) is 3. The second-order valence-electron chi connectivity index (χ2n) is 17.9. The molecule has 0 atom stereocenters. The molecule has 0 aromatic carbocycles. The minimum absolute atomic E-state index is 0. The van der Waals surface area contributed by atoms with Gasteiger partial charge in [-0.15, -0.1) is 13.1 Å². The van der Waals surface area contributed by atoms with Crippen LogP contribution in [-0.2, 0) is 160 Å². The van der Waals surface area contributed by atoms with E-state index in [2.05, 4.69) is 164 Å². The molecule has 0 bridgehead atoms. The molecule has 1 aromatic heterocycles. The maximum atomic E-state index is 12.1. The summed E-state index contributed by atoms with van der Waals surface area (Å²) < 4.78 is 0. The number of hydrogen-bond donors (Lipinski definition) is 0. The zero-order valence-electron chi connectivity index (χ0n) is 56.5. The molecule has 1 fully saturated rings. The summed E-state index contributed by atoms with van der Waals surface area (Å²) in [5.74, 6) is 2.97. The first-order chi connectivity index (χ1) is 37.1. The van der Waals surface area contributed by atoms with E-state index in [1.807, 2.05) is 9.80 Å². The Bertz CT molecular complexity index is 1060. The normalized spacial score (nSPS) is 10.9. The smallest absolute Gasteiger partial charge is 0.232 e. The van der Waals surface area contributed by atoms with Crippen molar-refractivity contribution in [3.8, 4) is 0 Å². The van der Waals surface area contributed by atoms with Gasteiger partial charge in [-0.1, -0.05) is 122 Å². The van der Waals surface area contributed by atoms with Crippen molar-refractivity contribution < 1.29 is 140 Å². The second-order valence-corrected chi connectivity index (χ2v) is 17.9. The van der Waals surface area contributed by atoms with E-state index in [0.29, 0.717) is 0 Å². The summed E-state index contributed by atoms with van der Waals surface area (Å²) in [5, 5.41) is 16.8. The van der Waals surface area contributed by atoms with Gasteiger partial charge in [-0.3, -0.25) is 19.4 Å². The maximum absolute atomic E-state index is 12.1. The van der Waals surface area contributed by atoms with E-state index in [0.717, 1.165) is 141 Å². The van der Waals surface area contributed by atoms with Gasteiger partial charge in [-0.25, -0.2) is 15.0 Å². The van der Waals surface area contributed by atoms with E-state index >= 15 is 0 Å². The largest absolute Gasteiger partial charge is 0.665 e. The average Bonchev–Trinajstić information content (AvgIpc) is 3.61. The van der Waals surface area contributed by atoms with Crippen molar-refractivity contribution in [1.29, 1.82) is 0 Å². The van der Waals surface area contributed by atoms with Gasteiger partial charge in [0.2, 0.25) is 11.8 Å². The summed E-state index contributed by atoms with van der Waals surface area (Å²) in [7, 11) is 0. The van der Waals surface area contributed by atoms with Crippen LogP contribution in [0.2, 0.25) is 0 Å². The molecule has 4 radical (unpaired) electrons. The van der Waals surface area contributed by atoms with Crippen LogP contribution in [0.15, 0.2) is 0 Å². The summed E-state index contributed by atoms with van der Waals surface area (Å²) >= 11 is 0. The van der Waals surface area contributed by atoms with Crippen LogP contribution in [0.3, 0.4) is 0 Å². The molecule has 2 heterocycles. The van der Waals surface area contributed by atoms with Gasteiger partial charge < -0.3 is 58.8 Å². The molecule has 1 aromatic rings. The SMILES string of the molecule is C1C[N-]CC[N-]CC[N-]1.CCCCc1nc(CCCC)nc(CCCC)n1.CCCN(CCC)C(=O)CC(=O)N(CCC)CCC.CCCN(CCC)CN(CCC)CCC.CCC[N-]CCC.[CH2-]C.[CH2-]C.[CH2-]C.[CH2-]C.[Y].[Y].[Y].[Y]. The van der Waals surface area contributed by atoms with Crippen LogP contribution >= 0.6 is 0 Å². The number of aromatic nitrogens is 3. The summed E-state index contributed by atoms with van der Waals surface area (Å²) in [5.41, 5.74) is 0. The van der Waals surface area contributed by atoms with Crippen LogP contribution in [0.4, 0.5) is 0 Å². The van der Waals surface area contributed by atoms with Gasteiger partial charge in [0.05, 0.1) is 6.67 Å². The molecular formula is C63H133N11O2Y4-8. The predicted octanol–water partition coefficient (Wildman–Crippen LogP) is 16.4. The molecule has 0 N–H and O–H groups in total. The molecule has 2 amide bonds. The standard InChI is InChI=1S/C15H27N3.C15H30N2O2.C13H30N2.C6H12N3.C6H14N.4C2H5.4Y/c1-4-7-10-13-16-14(11-8-5-2)18-15(17-13)12-9-6-3;1-5-9-16(10-6-2)14(18)13-15(19)17(11-7-3)12-8-4;1-5-9-14(10-6-2)13-15(11-7-3)12-8-4;1-2-8-5-6-9-4-3-7-1;1-3-5-7-6-4-2;4*1-2;;;;/h4-12H2,1-3H3;5-13H2,1-4H3;5-13H2,1-4H3;1-6H2;3-6H2,1-2H3;4*1H2,2H3;;;;/q;;;-3;5*-1;;;;. The van der Waals surface area contributed by atoms with Crippen molar-refractivity contribution in [1.82, 2.24) is 34.6 Å². The Balaban J connectivity index is -0.0000000813. The van der Waals surface area contributed by atoms with Gasteiger partial charge in [0.15, 0.2) is 0 Å². The Labute approximate surface area is 603 Å². The first kappa shape index (κ1) is 107. The van der Waals surface area contributed by atoms with Crippen molar-refractivity contribution in [2.45, 2.75) is 246 Å². The van der Waals surface area contributed by atoms with Gasteiger partial charge >= 0.3 is 0 Å². The number of hydrogen-bond acceptors (Lipinski definition) is 7. The number of nitrogens with zero attached hydrogens (tertiary/aromatic N) is 11. The number of carbonyl (C=O) groups excluding carboxylic acids is 2. The monoisotopic (exact) mass is 1430 g/mol. The van der Waals surface area contributed by atoms with E-state index in [9.17, 15) is 9.59 Å². The van der Waals surface area contributed by atoms with Gasteiger partial charge in [0, 0.05) is 176 Å². The van der Waals surface area contributed by atoms with Gasteiger partial charge in [-0.2, -0.15) is 67.0 Å². The summed E-state index contributed by atoms with van der Waals surface area (Å²) in [4.78, 5) is 46.8. The van der Waals surface area contributed by atoms with Crippen LogP contribution in [-0.4, -0.2) is 158 Å². The molecule has 472 valence electrons. The quantitative estimate of drug-likeness (QED) is 0.0295. The maximum Gasteiger partial charge on any atom is 0.232 e. The molecule has 0 aliphatic carbocycles. The Kier molecular flexibility index (Phi) is 130. The van der Waals surface area contributed by atoms with Crippen LogP contribution in [0, 0.1) is 27.7 Å². The van der Waals surface area contributed by atoms with Gasteiger partial charge in [-0.05, 0) is 96.8 Å². The van der Waals surface area contributed by atoms with E-state index in [1.165, 1.54) is 110 Å². The third-order valence-electron chi connectivity index (χ3n) is 10.6. The van der Waals surface area contributed by atoms with E-state index in [1.54, 1.807) is 27.7 Å². The van der Waals surface area contributed by atoms with Crippen molar-refractivity contribution in [3.05, 3.63) is 66.4 Å². The molecule has 1 aliphatic rings. The summed E-state index contributed by atoms with van der Waals surface area (Å²) in [6.45, 7) is 64.9. The molecule has 0 spiro atoms. The first-order valence-corrected chi connectivity index (χ1v) is 31.2. The number of aryl methyl sites for hydroxylation is 3. The third-order valence-corrected chi connectivity index (χ3v) is 10.6. The van der Waals surface area contributed by atoms with Crippen molar-refractivity contribution in [2.75, 3.05) is 111 Å². The Morgan fingerprint density at radius 3 is 0.787 bits per heavy atom. The molecule has 13 nitrogen and oxygen atoms in total. The Morgan fingerprint density at radius 1 is 0.375 bits per heavy atom. The average molecular weight is 1430 g/mol. The third kappa shape index (κ3) is 80.1. The number of amides is 2.